The maximum absolute atomic E-state index is 2.36. The van der Waals surface area contributed by atoms with Gasteiger partial charge in [-0.1, -0.05) is 19.3 Å². The van der Waals surface area contributed by atoms with Crippen LogP contribution in [-0.4, -0.2) is 30.5 Å². The van der Waals surface area contributed by atoms with Crippen molar-refractivity contribution in [3.63, 3.8) is 0 Å². The third-order valence-corrected chi connectivity index (χ3v) is 2.30. The molecule has 2 N–H and O–H groups in total. The van der Waals surface area contributed by atoms with Crippen molar-refractivity contribution in [1.82, 2.24) is 4.90 Å². The molecule has 0 amide bonds. The van der Waals surface area contributed by atoms with Crippen LogP contribution < -0.4 is 0 Å². The van der Waals surface area contributed by atoms with Crippen LogP contribution in [0.25, 0.3) is 0 Å². The van der Waals surface area contributed by atoms with Crippen LogP contribution in [0.5, 0.6) is 0 Å². The van der Waals surface area contributed by atoms with E-state index in [-0.39, 0.29) is 17.9 Å². The lowest BCUT2D eigenvalue weighted by Gasteiger charge is -2.27. The second-order valence-corrected chi connectivity index (χ2v) is 3.26. The van der Waals surface area contributed by atoms with Gasteiger partial charge in [0, 0.05) is 6.04 Å². The predicted octanol–water partition coefficient (Wildman–Crippen LogP) is 1.48. The lowest BCUT2D eigenvalue weighted by Crippen LogP contribution is -2.29. The largest absolute Gasteiger partial charge is 0.412 e. The average molecular weight is 182 g/mol. The summed E-state index contributed by atoms with van der Waals surface area (Å²) < 4.78 is 0. The van der Waals surface area contributed by atoms with Crippen molar-refractivity contribution in [2.75, 3.05) is 14.1 Å². The molecule has 1 saturated carbocycles. The molecule has 0 radical (unpaired) electrons. The molecule has 0 atom stereocenters. The molecule has 70 valence electrons. The van der Waals surface area contributed by atoms with Gasteiger partial charge >= 0.3 is 0 Å². The predicted molar refractivity (Wildman–Crippen MR) is 51.4 cm³/mol. The Bertz CT molecular complexity index is 82.2. The fourth-order valence-corrected chi connectivity index (χ4v) is 1.60. The van der Waals surface area contributed by atoms with Crippen LogP contribution in [-0.2, 0) is 0 Å². The number of hydrogen-bond acceptors (Lipinski definition) is 1. The summed E-state index contributed by atoms with van der Waals surface area (Å²) in [5, 5.41) is 0. The molecule has 0 aromatic heterocycles. The normalized spacial score (nSPS) is 18.8. The van der Waals surface area contributed by atoms with Crippen molar-refractivity contribution in [2.24, 2.45) is 0 Å². The molecule has 0 aromatic rings. The zero-order valence-electron chi connectivity index (χ0n) is 7.47. The van der Waals surface area contributed by atoms with Gasteiger partial charge in [-0.25, -0.2) is 0 Å². The van der Waals surface area contributed by atoms with Crippen LogP contribution in [0.4, 0.5) is 0 Å². The molecule has 11 heavy (non-hydrogen) atoms. The Labute approximate surface area is 75.7 Å². The van der Waals surface area contributed by atoms with Gasteiger partial charge in [-0.3, -0.25) is 0 Å². The van der Waals surface area contributed by atoms with Crippen LogP contribution in [0.1, 0.15) is 32.1 Å². The first-order valence-electron chi connectivity index (χ1n) is 3.97. The average Bonchev–Trinajstić information content (AvgIpc) is 1.90. The van der Waals surface area contributed by atoms with Crippen molar-refractivity contribution in [3.8, 4) is 0 Å². The van der Waals surface area contributed by atoms with E-state index < -0.39 is 0 Å². The van der Waals surface area contributed by atoms with Gasteiger partial charge in [0.2, 0.25) is 0 Å². The third-order valence-electron chi connectivity index (χ3n) is 2.30. The van der Waals surface area contributed by atoms with Crippen LogP contribution >= 0.6 is 12.4 Å². The Balaban J connectivity index is 0. The second kappa shape index (κ2) is 6.89. The molecule has 0 aliphatic heterocycles. The third kappa shape index (κ3) is 4.62. The monoisotopic (exact) mass is 181 g/mol. The SMILES string of the molecule is CN(C)C1CCCCC1.Cl.O. The van der Waals surface area contributed by atoms with Crippen molar-refractivity contribution in [1.29, 1.82) is 0 Å². The minimum atomic E-state index is 0. The highest BCUT2D eigenvalue weighted by Crippen LogP contribution is 2.20. The summed E-state index contributed by atoms with van der Waals surface area (Å²) in [5.41, 5.74) is 0. The first-order valence-corrected chi connectivity index (χ1v) is 3.97. The molecule has 2 nitrogen and oxygen atoms in total. The first kappa shape index (κ1) is 13.8. The Kier molecular flexibility index (Phi) is 8.63. The van der Waals surface area contributed by atoms with Crippen molar-refractivity contribution in [3.05, 3.63) is 0 Å². The van der Waals surface area contributed by atoms with E-state index in [1.165, 1.54) is 32.1 Å². The zero-order valence-corrected chi connectivity index (χ0v) is 8.28. The van der Waals surface area contributed by atoms with E-state index in [1.54, 1.807) is 0 Å². The Morgan fingerprint density at radius 3 is 1.73 bits per heavy atom. The summed E-state index contributed by atoms with van der Waals surface area (Å²) in [6.07, 6.45) is 7.20. The topological polar surface area (TPSA) is 34.7 Å². The van der Waals surface area contributed by atoms with E-state index in [4.69, 9.17) is 0 Å². The van der Waals surface area contributed by atoms with Crippen LogP contribution in [0, 0.1) is 0 Å². The lowest BCUT2D eigenvalue weighted by molar-refractivity contribution is 0.229. The maximum atomic E-state index is 2.36. The Morgan fingerprint density at radius 2 is 1.45 bits per heavy atom. The summed E-state index contributed by atoms with van der Waals surface area (Å²) in [6.45, 7) is 0. The molecule has 1 aliphatic carbocycles. The second-order valence-electron chi connectivity index (χ2n) is 3.26. The highest BCUT2D eigenvalue weighted by Gasteiger charge is 2.13. The van der Waals surface area contributed by atoms with Crippen molar-refractivity contribution >= 4 is 12.4 Å². The molecule has 3 heteroatoms. The molecular formula is C8H20ClNO. The fourth-order valence-electron chi connectivity index (χ4n) is 1.60. The standard InChI is InChI=1S/C8H17N.ClH.H2O/c1-9(2)8-6-4-3-5-7-8;;/h8H,3-7H2,1-2H3;1H;1H2. The minimum Gasteiger partial charge on any atom is -0.412 e. The number of hydrogen-bond donors (Lipinski definition) is 0. The molecule has 1 rings (SSSR count). The zero-order chi connectivity index (χ0) is 6.69. The van der Waals surface area contributed by atoms with Crippen LogP contribution in [0.3, 0.4) is 0 Å². The van der Waals surface area contributed by atoms with Gasteiger partial charge in [-0.2, -0.15) is 0 Å². The summed E-state index contributed by atoms with van der Waals surface area (Å²) in [4.78, 5) is 2.36. The van der Waals surface area contributed by atoms with E-state index in [2.05, 4.69) is 19.0 Å². The molecule has 0 unspecified atom stereocenters. The maximum Gasteiger partial charge on any atom is 0.00891 e. The summed E-state index contributed by atoms with van der Waals surface area (Å²) in [5.74, 6) is 0. The Morgan fingerprint density at radius 1 is 1.00 bits per heavy atom. The molecule has 0 aromatic carbocycles. The van der Waals surface area contributed by atoms with Gasteiger partial charge in [0.15, 0.2) is 0 Å². The quantitative estimate of drug-likeness (QED) is 0.604. The number of rotatable bonds is 1. The van der Waals surface area contributed by atoms with E-state index in [9.17, 15) is 0 Å². The van der Waals surface area contributed by atoms with Crippen molar-refractivity contribution < 1.29 is 5.48 Å². The van der Waals surface area contributed by atoms with Crippen LogP contribution in [0.15, 0.2) is 0 Å². The van der Waals surface area contributed by atoms with E-state index in [1.807, 2.05) is 0 Å². The van der Waals surface area contributed by atoms with Crippen molar-refractivity contribution in [2.45, 2.75) is 38.1 Å². The summed E-state index contributed by atoms with van der Waals surface area (Å²) >= 11 is 0. The number of halogens is 1. The van der Waals surface area contributed by atoms with Crippen LogP contribution in [0.2, 0.25) is 0 Å². The summed E-state index contributed by atoms with van der Waals surface area (Å²) in [7, 11) is 4.38. The van der Waals surface area contributed by atoms with Gasteiger partial charge in [-0.05, 0) is 26.9 Å². The van der Waals surface area contributed by atoms with Gasteiger partial charge < -0.3 is 10.4 Å². The van der Waals surface area contributed by atoms with Gasteiger partial charge in [0.05, 0.1) is 0 Å². The molecule has 1 aliphatic rings. The minimum absolute atomic E-state index is 0. The summed E-state index contributed by atoms with van der Waals surface area (Å²) in [6, 6.07) is 0.888. The fraction of sp³-hybridized carbons (Fsp3) is 1.00. The van der Waals surface area contributed by atoms with Gasteiger partial charge in [0.1, 0.15) is 0 Å². The molecule has 0 heterocycles. The first-order chi connectivity index (χ1) is 4.30. The lowest BCUT2D eigenvalue weighted by atomic mass is 9.95. The highest BCUT2D eigenvalue weighted by atomic mass is 35.5. The molecular weight excluding hydrogens is 162 g/mol. The van der Waals surface area contributed by atoms with Gasteiger partial charge in [-0.15, -0.1) is 12.4 Å². The van der Waals surface area contributed by atoms with Gasteiger partial charge in [0.25, 0.3) is 0 Å². The van der Waals surface area contributed by atoms with E-state index in [0.29, 0.717) is 0 Å². The molecule has 0 spiro atoms. The Hall–Kier alpha value is 0.210. The van der Waals surface area contributed by atoms with E-state index in [0.717, 1.165) is 6.04 Å². The smallest absolute Gasteiger partial charge is 0.00891 e. The molecule has 0 saturated heterocycles. The highest BCUT2D eigenvalue weighted by molar-refractivity contribution is 5.85. The molecule has 1 fully saturated rings. The number of nitrogens with zero attached hydrogens (tertiary/aromatic N) is 1. The molecule has 0 bridgehead atoms. The van der Waals surface area contributed by atoms with E-state index >= 15 is 0 Å².